The van der Waals surface area contributed by atoms with Crippen molar-refractivity contribution >= 4 is 11.8 Å². The van der Waals surface area contributed by atoms with Gasteiger partial charge in [-0.15, -0.1) is 11.8 Å². The van der Waals surface area contributed by atoms with E-state index in [-0.39, 0.29) is 0 Å². The van der Waals surface area contributed by atoms with Crippen LogP contribution in [0.3, 0.4) is 0 Å². The summed E-state index contributed by atoms with van der Waals surface area (Å²) < 4.78 is 0. The molecule has 1 aromatic rings. The maximum absolute atomic E-state index is 2.40. The van der Waals surface area contributed by atoms with Crippen LogP contribution in [0.25, 0.3) is 0 Å². The molecule has 2 rings (SSSR count). The van der Waals surface area contributed by atoms with Gasteiger partial charge in [0, 0.05) is 23.1 Å². The zero-order valence-corrected chi connectivity index (χ0v) is 9.68. The fraction of sp³-hybridized carbons (Fsp3) is 0.500. The molecule has 1 aliphatic rings. The van der Waals surface area contributed by atoms with E-state index in [9.17, 15) is 0 Å². The van der Waals surface area contributed by atoms with Crippen LogP contribution in [0.5, 0.6) is 0 Å². The van der Waals surface area contributed by atoms with Gasteiger partial charge in [0.05, 0.1) is 0 Å². The van der Waals surface area contributed by atoms with Crippen LogP contribution in [0.15, 0.2) is 29.2 Å². The lowest BCUT2D eigenvalue weighted by Gasteiger charge is -2.19. The number of rotatable bonds is 3. The summed E-state index contributed by atoms with van der Waals surface area (Å²) in [4.78, 5) is 3.88. The molecule has 0 spiro atoms. The van der Waals surface area contributed by atoms with Crippen molar-refractivity contribution in [3.05, 3.63) is 29.8 Å². The summed E-state index contributed by atoms with van der Waals surface area (Å²) in [6, 6.07) is 8.82. The number of thioether (sulfide) groups is 1. The molecule has 0 N–H and O–H groups in total. The van der Waals surface area contributed by atoms with Gasteiger partial charge < -0.3 is 4.90 Å². The van der Waals surface area contributed by atoms with Crippen molar-refractivity contribution in [2.45, 2.75) is 17.7 Å². The van der Waals surface area contributed by atoms with E-state index in [1.807, 2.05) is 11.8 Å². The van der Waals surface area contributed by atoms with Crippen LogP contribution < -0.4 is 0 Å². The minimum Gasteiger partial charge on any atom is -0.306 e. The first kappa shape index (κ1) is 10.1. The first-order chi connectivity index (χ1) is 6.81. The summed E-state index contributed by atoms with van der Waals surface area (Å²) in [5, 5.41) is 0. The second-order valence-corrected chi connectivity index (χ2v) is 4.96. The summed E-state index contributed by atoms with van der Waals surface area (Å²) in [6.45, 7) is 4.55. The second kappa shape index (κ2) is 4.37. The topological polar surface area (TPSA) is 3.24 Å². The van der Waals surface area contributed by atoms with Gasteiger partial charge in [0.25, 0.3) is 0 Å². The number of fused-ring (bicyclic) bond motifs is 1. The molecule has 0 saturated carbocycles. The van der Waals surface area contributed by atoms with Gasteiger partial charge in [-0.1, -0.05) is 25.1 Å². The maximum Gasteiger partial charge on any atom is 0.0108 e. The van der Waals surface area contributed by atoms with Gasteiger partial charge in [0.15, 0.2) is 0 Å². The molecule has 2 heteroatoms. The number of likely N-dealkylation sites (N-methyl/N-ethyl adjacent to an activating group) is 1. The SMILES string of the molecule is CCN(C)CC1CSc2ccccc21. The van der Waals surface area contributed by atoms with E-state index >= 15 is 0 Å². The molecule has 0 saturated heterocycles. The van der Waals surface area contributed by atoms with Gasteiger partial charge >= 0.3 is 0 Å². The Morgan fingerprint density at radius 1 is 1.43 bits per heavy atom. The Labute approximate surface area is 90.5 Å². The smallest absolute Gasteiger partial charge is 0.0108 e. The van der Waals surface area contributed by atoms with Gasteiger partial charge in [-0.05, 0) is 25.2 Å². The molecule has 0 radical (unpaired) electrons. The van der Waals surface area contributed by atoms with Gasteiger partial charge in [-0.2, -0.15) is 0 Å². The van der Waals surface area contributed by atoms with Crippen LogP contribution in [-0.4, -0.2) is 30.8 Å². The molecule has 0 fully saturated rings. The molecule has 1 nitrogen and oxygen atoms in total. The molecule has 0 aliphatic carbocycles. The highest BCUT2D eigenvalue weighted by Gasteiger charge is 2.22. The number of nitrogens with zero attached hydrogens (tertiary/aromatic N) is 1. The Hall–Kier alpha value is -0.470. The minimum absolute atomic E-state index is 0.737. The molecule has 0 amide bonds. The molecule has 76 valence electrons. The number of benzene rings is 1. The zero-order valence-electron chi connectivity index (χ0n) is 8.86. The van der Waals surface area contributed by atoms with E-state index in [1.54, 1.807) is 5.56 Å². The van der Waals surface area contributed by atoms with Crippen molar-refractivity contribution < 1.29 is 0 Å². The van der Waals surface area contributed by atoms with E-state index < -0.39 is 0 Å². The first-order valence-corrected chi connectivity index (χ1v) is 6.20. The molecule has 0 bridgehead atoms. The van der Waals surface area contributed by atoms with Crippen LogP contribution in [0.2, 0.25) is 0 Å². The lowest BCUT2D eigenvalue weighted by Crippen LogP contribution is -2.24. The summed E-state index contributed by atoms with van der Waals surface area (Å²) >= 11 is 2.00. The standard InChI is InChI=1S/C12H17NS/c1-3-13(2)8-10-9-14-12-7-5-4-6-11(10)12/h4-7,10H,3,8-9H2,1-2H3. The predicted octanol–water partition coefficient (Wildman–Crippen LogP) is 2.83. The Morgan fingerprint density at radius 2 is 2.21 bits per heavy atom. The molecular weight excluding hydrogens is 190 g/mol. The van der Waals surface area contributed by atoms with Crippen molar-refractivity contribution in [2.75, 3.05) is 25.9 Å². The van der Waals surface area contributed by atoms with E-state index in [0.29, 0.717) is 0 Å². The van der Waals surface area contributed by atoms with Crippen molar-refractivity contribution in [1.29, 1.82) is 0 Å². The van der Waals surface area contributed by atoms with Crippen molar-refractivity contribution in [3.63, 3.8) is 0 Å². The molecule has 0 aromatic heterocycles. The van der Waals surface area contributed by atoms with Crippen molar-refractivity contribution in [1.82, 2.24) is 4.90 Å². The van der Waals surface area contributed by atoms with E-state index in [1.165, 1.54) is 17.2 Å². The Morgan fingerprint density at radius 3 is 3.00 bits per heavy atom. The van der Waals surface area contributed by atoms with Crippen LogP contribution in [0.1, 0.15) is 18.4 Å². The Balaban J connectivity index is 2.10. The highest BCUT2D eigenvalue weighted by molar-refractivity contribution is 7.99. The largest absolute Gasteiger partial charge is 0.306 e. The third-order valence-electron chi connectivity index (χ3n) is 2.87. The van der Waals surface area contributed by atoms with Gasteiger partial charge in [-0.3, -0.25) is 0 Å². The summed E-state index contributed by atoms with van der Waals surface area (Å²) in [5.74, 6) is 1.99. The molecule has 1 atom stereocenters. The summed E-state index contributed by atoms with van der Waals surface area (Å²) in [5.41, 5.74) is 1.55. The minimum atomic E-state index is 0.737. The van der Waals surface area contributed by atoms with Crippen LogP contribution >= 0.6 is 11.8 Å². The van der Waals surface area contributed by atoms with E-state index in [0.717, 1.165) is 12.5 Å². The maximum atomic E-state index is 2.40. The normalized spacial score (nSPS) is 20.1. The van der Waals surface area contributed by atoms with Crippen molar-refractivity contribution in [3.8, 4) is 0 Å². The van der Waals surface area contributed by atoms with Crippen LogP contribution in [-0.2, 0) is 0 Å². The lowest BCUT2D eigenvalue weighted by molar-refractivity contribution is 0.336. The molecule has 14 heavy (non-hydrogen) atoms. The number of hydrogen-bond donors (Lipinski definition) is 0. The van der Waals surface area contributed by atoms with Gasteiger partial charge in [-0.25, -0.2) is 0 Å². The van der Waals surface area contributed by atoms with E-state index in [2.05, 4.69) is 43.1 Å². The molecule has 1 aromatic carbocycles. The average Bonchev–Trinajstić information content (AvgIpc) is 2.62. The zero-order chi connectivity index (χ0) is 9.97. The molecule has 1 aliphatic heterocycles. The Kier molecular flexibility index (Phi) is 3.14. The predicted molar refractivity (Wildman–Crippen MR) is 63.1 cm³/mol. The Bertz CT molecular complexity index is 311. The lowest BCUT2D eigenvalue weighted by atomic mass is 10.0. The fourth-order valence-corrected chi connectivity index (χ4v) is 3.13. The summed E-state index contributed by atoms with van der Waals surface area (Å²) in [6.07, 6.45) is 0. The van der Waals surface area contributed by atoms with E-state index in [4.69, 9.17) is 0 Å². The first-order valence-electron chi connectivity index (χ1n) is 5.21. The number of hydrogen-bond acceptors (Lipinski definition) is 2. The van der Waals surface area contributed by atoms with Crippen LogP contribution in [0.4, 0.5) is 0 Å². The average molecular weight is 207 g/mol. The van der Waals surface area contributed by atoms with Gasteiger partial charge in [0.1, 0.15) is 0 Å². The molecule has 1 unspecified atom stereocenters. The van der Waals surface area contributed by atoms with Gasteiger partial charge in [0.2, 0.25) is 0 Å². The van der Waals surface area contributed by atoms with Crippen molar-refractivity contribution in [2.24, 2.45) is 0 Å². The third-order valence-corrected chi connectivity index (χ3v) is 4.12. The van der Waals surface area contributed by atoms with Crippen LogP contribution in [0, 0.1) is 0 Å². The monoisotopic (exact) mass is 207 g/mol. The third kappa shape index (κ3) is 1.96. The molecule has 1 heterocycles. The molecular formula is C12H17NS. The fourth-order valence-electron chi connectivity index (χ4n) is 1.89. The quantitative estimate of drug-likeness (QED) is 0.750. The second-order valence-electron chi connectivity index (χ2n) is 3.90. The highest BCUT2D eigenvalue weighted by Crippen LogP contribution is 2.39. The summed E-state index contributed by atoms with van der Waals surface area (Å²) in [7, 11) is 2.20. The highest BCUT2D eigenvalue weighted by atomic mass is 32.2.